The molecule has 0 heterocycles. The van der Waals surface area contributed by atoms with Gasteiger partial charge in [0.15, 0.2) is 0 Å². The highest BCUT2D eigenvalue weighted by Crippen LogP contribution is 2.57. The van der Waals surface area contributed by atoms with Crippen LogP contribution in [0.5, 0.6) is 0 Å². The molecule has 1 unspecified atom stereocenters. The molecular weight excluding hydrogens is 186 g/mol. The van der Waals surface area contributed by atoms with Crippen LogP contribution < -0.4 is 0 Å². The third-order valence-corrected chi connectivity index (χ3v) is 4.55. The Balaban J connectivity index is 2.26. The molecule has 1 atom stereocenters. The summed E-state index contributed by atoms with van der Waals surface area (Å²) in [6.45, 7) is 4.40. The Labute approximate surface area is 92.3 Å². The maximum atomic E-state index is 10.8. The molecule has 84 valence electrons. The number of hydrogen-bond acceptors (Lipinski definition) is 2. The average molecular weight is 207 g/mol. The van der Waals surface area contributed by atoms with Crippen molar-refractivity contribution < 1.29 is 5.11 Å². The Morgan fingerprint density at radius 2 is 1.67 bits per heavy atom. The van der Waals surface area contributed by atoms with Crippen LogP contribution in [-0.2, 0) is 0 Å². The van der Waals surface area contributed by atoms with E-state index in [-0.39, 0.29) is 5.41 Å². The van der Waals surface area contributed by atoms with Crippen molar-refractivity contribution in [2.24, 2.45) is 10.8 Å². The maximum Gasteiger partial charge on any atom is 0.0860 e. The van der Waals surface area contributed by atoms with Crippen LogP contribution in [0.1, 0.15) is 58.8 Å². The highest BCUT2D eigenvalue weighted by molar-refractivity contribution is 5.16. The monoisotopic (exact) mass is 207 g/mol. The molecule has 2 aliphatic rings. The third kappa shape index (κ3) is 1.58. The lowest BCUT2D eigenvalue weighted by Gasteiger charge is -2.38. The van der Waals surface area contributed by atoms with Gasteiger partial charge in [-0.05, 0) is 37.5 Å². The second-order valence-corrected chi connectivity index (χ2v) is 6.27. The third-order valence-electron chi connectivity index (χ3n) is 4.55. The molecule has 0 aromatic heterocycles. The summed E-state index contributed by atoms with van der Waals surface area (Å²) in [5.41, 5.74) is -0.927. The zero-order chi connectivity index (χ0) is 11.2. The van der Waals surface area contributed by atoms with Gasteiger partial charge in [0.25, 0.3) is 0 Å². The fourth-order valence-corrected chi connectivity index (χ4v) is 3.58. The van der Waals surface area contributed by atoms with Gasteiger partial charge < -0.3 is 5.11 Å². The molecule has 2 nitrogen and oxygen atoms in total. The van der Waals surface area contributed by atoms with Gasteiger partial charge >= 0.3 is 0 Å². The van der Waals surface area contributed by atoms with Gasteiger partial charge in [-0.25, -0.2) is 0 Å². The molecule has 15 heavy (non-hydrogen) atoms. The first-order chi connectivity index (χ1) is 6.93. The highest BCUT2D eigenvalue weighted by atomic mass is 16.3. The van der Waals surface area contributed by atoms with Crippen molar-refractivity contribution in [3.05, 3.63) is 0 Å². The van der Waals surface area contributed by atoms with Gasteiger partial charge in [0, 0.05) is 0 Å². The minimum atomic E-state index is -0.707. The van der Waals surface area contributed by atoms with E-state index in [2.05, 4.69) is 19.9 Å². The van der Waals surface area contributed by atoms with Gasteiger partial charge in [0.2, 0.25) is 0 Å². The summed E-state index contributed by atoms with van der Waals surface area (Å²) in [5.74, 6) is 0. The van der Waals surface area contributed by atoms with Crippen molar-refractivity contribution in [1.29, 1.82) is 5.26 Å². The summed E-state index contributed by atoms with van der Waals surface area (Å²) in [7, 11) is 0. The van der Waals surface area contributed by atoms with Crippen LogP contribution in [-0.4, -0.2) is 10.7 Å². The Kier molecular flexibility index (Phi) is 2.35. The number of hydrogen-bond donors (Lipinski definition) is 1. The molecule has 0 aromatic carbocycles. The zero-order valence-corrected chi connectivity index (χ0v) is 9.84. The number of nitrogens with zero attached hydrogens (tertiary/aromatic N) is 1. The van der Waals surface area contributed by atoms with E-state index in [1.165, 1.54) is 0 Å². The Morgan fingerprint density at radius 1 is 1.07 bits per heavy atom. The Bertz CT molecular complexity index is 296. The molecule has 0 amide bonds. The van der Waals surface area contributed by atoms with Crippen molar-refractivity contribution in [1.82, 2.24) is 0 Å². The number of nitriles is 1. The summed E-state index contributed by atoms with van der Waals surface area (Å²) in [5, 5.41) is 20.2. The lowest BCUT2D eigenvalue weighted by atomic mass is 9.69. The quantitative estimate of drug-likeness (QED) is 0.718. The summed E-state index contributed by atoms with van der Waals surface area (Å²) >= 11 is 0. The molecule has 2 saturated carbocycles. The highest BCUT2D eigenvalue weighted by Gasteiger charge is 2.57. The van der Waals surface area contributed by atoms with Gasteiger partial charge in [-0.2, -0.15) is 5.26 Å². The van der Waals surface area contributed by atoms with E-state index in [0.717, 1.165) is 44.9 Å². The van der Waals surface area contributed by atoms with Crippen molar-refractivity contribution in [2.45, 2.75) is 64.4 Å². The SMILES string of the molecule is CC1(C)CCC(O)(C2(C#N)CCCC2)C1. The van der Waals surface area contributed by atoms with Gasteiger partial charge in [-0.1, -0.05) is 26.7 Å². The normalized spacial score (nSPS) is 37.7. The molecule has 1 N–H and O–H groups in total. The average Bonchev–Trinajstić information content (AvgIpc) is 2.72. The first-order valence-electron chi connectivity index (χ1n) is 6.07. The predicted molar refractivity (Wildman–Crippen MR) is 59.1 cm³/mol. The van der Waals surface area contributed by atoms with Gasteiger partial charge in [-0.3, -0.25) is 0 Å². The first kappa shape index (κ1) is 11.0. The molecule has 0 radical (unpaired) electrons. The molecule has 2 fully saturated rings. The molecule has 0 aliphatic heterocycles. The summed E-state index contributed by atoms with van der Waals surface area (Å²) < 4.78 is 0. The van der Waals surface area contributed by atoms with E-state index in [1.54, 1.807) is 0 Å². The van der Waals surface area contributed by atoms with Crippen LogP contribution in [0.3, 0.4) is 0 Å². The van der Waals surface area contributed by atoms with Crippen molar-refractivity contribution in [3.63, 3.8) is 0 Å². The molecule has 0 bridgehead atoms. The van der Waals surface area contributed by atoms with E-state index < -0.39 is 11.0 Å². The van der Waals surface area contributed by atoms with Crippen molar-refractivity contribution in [2.75, 3.05) is 0 Å². The maximum absolute atomic E-state index is 10.8. The molecule has 2 heteroatoms. The van der Waals surface area contributed by atoms with Gasteiger partial charge in [-0.15, -0.1) is 0 Å². The lowest BCUT2D eigenvalue weighted by Crippen LogP contribution is -2.44. The smallest absolute Gasteiger partial charge is 0.0860 e. The molecule has 0 aromatic rings. The van der Waals surface area contributed by atoms with Crippen LogP contribution in [0.25, 0.3) is 0 Å². The van der Waals surface area contributed by atoms with E-state index in [9.17, 15) is 10.4 Å². The topological polar surface area (TPSA) is 44.0 Å². The molecule has 2 rings (SSSR count). The second kappa shape index (κ2) is 3.22. The standard InChI is InChI=1S/C13H21NO/c1-11(2)7-8-13(15,9-11)12(10-14)5-3-4-6-12/h15H,3-9H2,1-2H3. The minimum Gasteiger partial charge on any atom is -0.388 e. The van der Waals surface area contributed by atoms with Gasteiger partial charge in [0.05, 0.1) is 17.1 Å². The van der Waals surface area contributed by atoms with Gasteiger partial charge in [0.1, 0.15) is 0 Å². The fraction of sp³-hybridized carbons (Fsp3) is 0.923. The Morgan fingerprint density at radius 3 is 2.07 bits per heavy atom. The molecule has 0 saturated heterocycles. The van der Waals surface area contributed by atoms with Crippen LogP contribution in [0, 0.1) is 22.2 Å². The van der Waals surface area contributed by atoms with E-state index >= 15 is 0 Å². The first-order valence-corrected chi connectivity index (χ1v) is 6.07. The summed E-state index contributed by atoms with van der Waals surface area (Å²) in [4.78, 5) is 0. The Hall–Kier alpha value is -0.550. The van der Waals surface area contributed by atoms with Crippen LogP contribution in [0.15, 0.2) is 0 Å². The summed E-state index contributed by atoms with van der Waals surface area (Å²) in [6, 6.07) is 2.45. The number of rotatable bonds is 1. The second-order valence-electron chi connectivity index (χ2n) is 6.27. The van der Waals surface area contributed by atoms with E-state index in [1.807, 2.05) is 0 Å². The van der Waals surface area contributed by atoms with Crippen molar-refractivity contribution >= 4 is 0 Å². The fourth-order valence-electron chi connectivity index (χ4n) is 3.58. The van der Waals surface area contributed by atoms with Crippen molar-refractivity contribution in [3.8, 4) is 6.07 Å². The molecule has 2 aliphatic carbocycles. The zero-order valence-electron chi connectivity index (χ0n) is 9.84. The van der Waals surface area contributed by atoms with Crippen LogP contribution >= 0.6 is 0 Å². The lowest BCUT2D eigenvalue weighted by molar-refractivity contribution is -0.0538. The summed E-state index contributed by atoms with van der Waals surface area (Å²) in [6.07, 6.45) is 6.67. The predicted octanol–water partition coefficient (Wildman–Crippen LogP) is 3.01. The largest absolute Gasteiger partial charge is 0.388 e. The minimum absolute atomic E-state index is 0.210. The molecule has 0 spiro atoms. The van der Waals surface area contributed by atoms with E-state index in [0.29, 0.717) is 0 Å². The molecular formula is C13H21NO. The van der Waals surface area contributed by atoms with Crippen LogP contribution in [0.2, 0.25) is 0 Å². The number of aliphatic hydroxyl groups is 1. The van der Waals surface area contributed by atoms with E-state index in [4.69, 9.17) is 0 Å². The van der Waals surface area contributed by atoms with Crippen LogP contribution in [0.4, 0.5) is 0 Å².